The highest BCUT2D eigenvalue weighted by Gasteiger charge is 2.49. The van der Waals surface area contributed by atoms with Gasteiger partial charge >= 0.3 is 0 Å². The Kier molecular flexibility index (Phi) is 7.94. The third-order valence-corrected chi connectivity index (χ3v) is 4.19. The Balaban J connectivity index is 0.00000288. The van der Waals surface area contributed by atoms with Crippen LogP contribution in [-0.2, 0) is 18.9 Å². The lowest BCUT2D eigenvalue weighted by Crippen LogP contribution is -2.64. The molecule has 2 heterocycles. The van der Waals surface area contributed by atoms with Crippen LogP contribution in [-0.4, -0.2) is 106 Å². The topological polar surface area (TPSA) is 158 Å². The molecule has 0 saturated carbocycles. The molecule has 2 fully saturated rings. The molecule has 24 heavy (non-hydrogen) atoms. The summed E-state index contributed by atoms with van der Waals surface area (Å²) < 4.78 is 20.6. The lowest BCUT2D eigenvalue weighted by molar-refractivity contribution is -0.360. The summed E-state index contributed by atoms with van der Waals surface area (Å²) in [5, 5.41) is 59.0. The largest absolute Gasteiger partial charge is 0.394 e. The smallest absolute Gasteiger partial charge is 0.187 e. The third kappa shape index (κ3) is 4.05. The molecule has 6 N–H and O–H groups in total. The van der Waals surface area contributed by atoms with Crippen LogP contribution in [0.25, 0.3) is 0 Å². The molecule has 2 rings (SSSR count). The Morgan fingerprint density at radius 3 is 2.00 bits per heavy atom. The van der Waals surface area contributed by atoms with Crippen LogP contribution in [0.15, 0.2) is 0 Å². The van der Waals surface area contributed by atoms with Gasteiger partial charge in [0.05, 0.1) is 12.7 Å². The summed E-state index contributed by atoms with van der Waals surface area (Å²) in [4.78, 5) is 0. The van der Waals surface area contributed by atoms with E-state index in [1.54, 1.807) is 0 Å². The van der Waals surface area contributed by atoms with Gasteiger partial charge in [0.25, 0.3) is 0 Å². The van der Waals surface area contributed by atoms with Crippen molar-refractivity contribution < 1.29 is 49.6 Å². The second kappa shape index (κ2) is 8.81. The predicted molar refractivity (Wildman–Crippen MR) is 78.7 cm³/mol. The van der Waals surface area contributed by atoms with Gasteiger partial charge in [-0.25, -0.2) is 0 Å². The standard InChI is InChI=1S/C13H24O10.CH4/c1-4-6(15)7(16)11(12(19)21-4)23-13-9(18)8(17)10(20-2)5(3-14)22-13;/h4-19H,3H2,1-2H3;1H4/t4-,5?,6?,7?,8+,9?,10+,11-,12+,13-;/m0./s1. The number of ether oxygens (including phenoxy) is 4. The van der Waals surface area contributed by atoms with Crippen molar-refractivity contribution in [3.8, 4) is 0 Å². The van der Waals surface area contributed by atoms with Crippen molar-refractivity contribution in [1.29, 1.82) is 0 Å². The van der Waals surface area contributed by atoms with E-state index in [4.69, 9.17) is 18.9 Å². The summed E-state index contributed by atoms with van der Waals surface area (Å²) in [6.07, 6.45) is -13.0. The summed E-state index contributed by atoms with van der Waals surface area (Å²) in [5.74, 6) is 0. The van der Waals surface area contributed by atoms with E-state index in [1.165, 1.54) is 14.0 Å². The molecule has 0 aromatic rings. The molecule has 0 aliphatic carbocycles. The van der Waals surface area contributed by atoms with Crippen molar-refractivity contribution in [1.82, 2.24) is 0 Å². The summed E-state index contributed by atoms with van der Waals surface area (Å²) in [6.45, 7) is 0.960. The van der Waals surface area contributed by atoms with Gasteiger partial charge in [0.1, 0.15) is 42.7 Å². The van der Waals surface area contributed by atoms with Crippen molar-refractivity contribution in [2.75, 3.05) is 13.7 Å². The van der Waals surface area contributed by atoms with Crippen LogP contribution >= 0.6 is 0 Å². The summed E-state index contributed by atoms with van der Waals surface area (Å²) in [5.41, 5.74) is 0. The Hall–Kier alpha value is -0.400. The van der Waals surface area contributed by atoms with E-state index < -0.39 is 68.0 Å². The van der Waals surface area contributed by atoms with E-state index in [1.807, 2.05) is 0 Å². The normalized spacial score (nSPS) is 49.5. The minimum Gasteiger partial charge on any atom is -0.394 e. The Labute approximate surface area is 140 Å². The van der Waals surface area contributed by atoms with Crippen LogP contribution in [0.5, 0.6) is 0 Å². The first kappa shape index (κ1) is 21.6. The van der Waals surface area contributed by atoms with Gasteiger partial charge in [0.2, 0.25) is 0 Å². The number of hydrogen-bond acceptors (Lipinski definition) is 10. The van der Waals surface area contributed by atoms with Crippen LogP contribution in [0.4, 0.5) is 0 Å². The maximum atomic E-state index is 10.0. The van der Waals surface area contributed by atoms with E-state index >= 15 is 0 Å². The van der Waals surface area contributed by atoms with E-state index in [9.17, 15) is 30.6 Å². The van der Waals surface area contributed by atoms with Crippen LogP contribution in [0, 0.1) is 0 Å². The molecule has 2 aliphatic heterocycles. The molecule has 144 valence electrons. The lowest BCUT2D eigenvalue weighted by Gasteiger charge is -2.45. The molecule has 10 nitrogen and oxygen atoms in total. The van der Waals surface area contributed by atoms with Gasteiger partial charge in [-0.1, -0.05) is 7.43 Å². The first-order chi connectivity index (χ1) is 10.8. The average Bonchev–Trinajstić information content (AvgIpc) is 2.53. The Bertz CT molecular complexity index is 381. The molecular formula is C14H28O10. The molecule has 10 atom stereocenters. The zero-order valence-corrected chi connectivity index (χ0v) is 12.8. The van der Waals surface area contributed by atoms with Gasteiger partial charge in [0, 0.05) is 7.11 Å². The molecule has 0 aromatic heterocycles. The molecule has 0 radical (unpaired) electrons. The van der Waals surface area contributed by atoms with Crippen molar-refractivity contribution in [3.63, 3.8) is 0 Å². The Morgan fingerprint density at radius 2 is 1.46 bits per heavy atom. The van der Waals surface area contributed by atoms with Crippen molar-refractivity contribution >= 4 is 0 Å². The van der Waals surface area contributed by atoms with Gasteiger partial charge in [-0.15, -0.1) is 0 Å². The fraction of sp³-hybridized carbons (Fsp3) is 1.00. The highest BCUT2D eigenvalue weighted by Crippen LogP contribution is 2.28. The molecule has 4 unspecified atom stereocenters. The SMILES string of the molecule is C.CO[C@@H]1C(CO)O[C@@H](O[C@H]2C(O)C(O)[C@H](C)O[C@H]2O)C(O)[C@H]1O. The quantitative estimate of drug-likeness (QED) is 0.305. The van der Waals surface area contributed by atoms with E-state index in [0.717, 1.165) is 0 Å². The number of rotatable bonds is 4. The molecule has 0 bridgehead atoms. The van der Waals surface area contributed by atoms with Crippen LogP contribution in [0.1, 0.15) is 14.4 Å². The number of hydrogen-bond donors (Lipinski definition) is 6. The lowest BCUT2D eigenvalue weighted by atomic mass is 9.97. The van der Waals surface area contributed by atoms with Crippen molar-refractivity contribution in [2.45, 2.75) is 75.8 Å². The number of methoxy groups -OCH3 is 1. The van der Waals surface area contributed by atoms with Crippen LogP contribution in [0.2, 0.25) is 0 Å². The van der Waals surface area contributed by atoms with Crippen molar-refractivity contribution in [2.24, 2.45) is 0 Å². The zero-order chi connectivity index (χ0) is 17.3. The van der Waals surface area contributed by atoms with Crippen LogP contribution < -0.4 is 0 Å². The van der Waals surface area contributed by atoms with Gasteiger partial charge in [-0.3, -0.25) is 0 Å². The number of aliphatic hydroxyl groups excluding tert-OH is 6. The molecule has 0 amide bonds. The summed E-state index contributed by atoms with van der Waals surface area (Å²) >= 11 is 0. The average molecular weight is 356 g/mol. The molecule has 2 aliphatic rings. The maximum Gasteiger partial charge on any atom is 0.187 e. The highest BCUT2D eigenvalue weighted by molar-refractivity contribution is 4.93. The number of aliphatic hydroxyl groups is 6. The van der Waals surface area contributed by atoms with Gasteiger partial charge in [-0.2, -0.15) is 0 Å². The van der Waals surface area contributed by atoms with Gasteiger partial charge in [-0.05, 0) is 6.92 Å². The van der Waals surface area contributed by atoms with Crippen LogP contribution in [0.3, 0.4) is 0 Å². The molecule has 2 saturated heterocycles. The van der Waals surface area contributed by atoms with E-state index in [-0.39, 0.29) is 7.43 Å². The third-order valence-electron chi connectivity index (χ3n) is 4.19. The summed E-state index contributed by atoms with van der Waals surface area (Å²) in [7, 11) is 1.29. The predicted octanol–water partition coefficient (Wildman–Crippen LogP) is -3.08. The van der Waals surface area contributed by atoms with E-state index in [2.05, 4.69) is 0 Å². The zero-order valence-electron chi connectivity index (χ0n) is 12.8. The van der Waals surface area contributed by atoms with E-state index in [0.29, 0.717) is 0 Å². The minimum absolute atomic E-state index is 0. The summed E-state index contributed by atoms with van der Waals surface area (Å²) in [6, 6.07) is 0. The second-order valence-corrected chi connectivity index (χ2v) is 5.72. The molecule has 0 spiro atoms. The maximum absolute atomic E-state index is 10.0. The monoisotopic (exact) mass is 356 g/mol. The minimum atomic E-state index is -1.57. The van der Waals surface area contributed by atoms with Gasteiger partial charge < -0.3 is 49.6 Å². The highest BCUT2D eigenvalue weighted by atomic mass is 16.7. The van der Waals surface area contributed by atoms with Crippen molar-refractivity contribution in [3.05, 3.63) is 0 Å². The first-order valence-electron chi connectivity index (χ1n) is 7.32. The second-order valence-electron chi connectivity index (χ2n) is 5.72. The fourth-order valence-corrected chi connectivity index (χ4v) is 2.78. The Morgan fingerprint density at radius 1 is 0.875 bits per heavy atom. The van der Waals surface area contributed by atoms with Gasteiger partial charge in [0.15, 0.2) is 12.6 Å². The molecular weight excluding hydrogens is 328 g/mol. The molecule has 10 heteroatoms. The first-order valence-corrected chi connectivity index (χ1v) is 7.32. The fourth-order valence-electron chi connectivity index (χ4n) is 2.78. The molecule has 0 aromatic carbocycles.